The molecule has 90 valence electrons. The number of fused-ring (bicyclic) bond motifs is 1. The summed E-state index contributed by atoms with van der Waals surface area (Å²) in [4.78, 5) is 18.2. The van der Waals surface area contributed by atoms with Gasteiger partial charge < -0.3 is 10.1 Å². The van der Waals surface area contributed by atoms with Gasteiger partial charge in [0.1, 0.15) is 5.15 Å². The van der Waals surface area contributed by atoms with E-state index in [0.29, 0.717) is 16.5 Å². The van der Waals surface area contributed by atoms with Crippen molar-refractivity contribution in [2.75, 3.05) is 0 Å². The number of carbonyl (C=O) groups is 1. The molecule has 3 aromatic rings. The van der Waals surface area contributed by atoms with E-state index in [4.69, 9.17) is 16.7 Å². The van der Waals surface area contributed by atoms with Gasteiger partial charge in [0, 0.05) is 18.3 Å². The van der Waals surface area contributed by atoms with Crippen molar-refractivity contribution in [1.29, 1.82) is 0 Å². The van der Waals surface area contributed by atoms with Crippen LogP contribution in [0, 0.1) is 0 Å². The number of carboxylic acids is 1. The molecule has 0 saturated heterocycles. The van der Waals surface area contributed by atoms with E-state index in [1.54, 1.807) is 12.3 Å². The first-order valence-corrected chi connectivity index (χ1v) is 5.46. The van der Waals surface area contributed by atoms with Gasteiger partial charge in [-0.3, -0.25) is 0 Å². The van der Waals surface area contributed by atoms with Crippen LogP contribution in [0.15, 0.2) is 30.5 Å². The van der Waals surface area contributed by atoms with Crippen molar-refractivity contribution < 1.29 is 9.90 Å². The molecule has 3 heterocycles. The van der Waals surface area contributed by atoms with Gasteiger partial charge in [0.15, 0.2) is 11.3 Å². The van der Waals surface area contributed by atoms with Gasteiger partial charge in [-0.05, 0) is 12.1 Å². The summed E-state index contributed by atoms with van der Waals surface area (Å²) in [6.45, 7) is 0. The molecule has 0 fully saturated rings. The predicted molar refractivity (Wildman–Crippen MR) is 64.7 cm³/mol. The Kier molecular flexibility index (Phi) is 2.31. The molecule has 0 aliphatic carbocycles. The summed E-state index contributed by atoms with van der Waals surface area (Å²) in [6, 6.07) is 6.69. The monoisotopic (exact) mass is 262 g/mol. The number of hydrogen-bond acceptors (Lipinski definition) is 3. The summed E-state index contributed by atoms with van der Waals surface area (Å²) in [7, 11) is 0. The maximum Gasteiger partial charge on any atom is 0.356 e. The quantitative estimate of drug-likeness (QED) is 0.693. The summed E-state index contributed by atoms with van der Waals surface area (Å²) in [5, 5.41) is 13.0. The highest BCUT2D eigenvalue weighted by Crippen LogP contribution is 2.21. The normalized spacial score (nSPS) is 10.9. The SMILES string of the molecule is O=C(O)c1cc2nc(-c3ccc[nH]3)cc(Cl)n2n1. The van der Waals surface area contributed by atoms with Gasteiger partial charge >= 0.3 is 5.97 Å². The number of halogens is 1. The van der Waals surface area contributed by atoms with Gasteiger partial charge in [-0.15, -0.1) is 0 Å². The molecule has 0 saturated carbocycles. The average molecular weight is 263 g/mol. The second-order valence-corrected chi connectivity index (χ2v) is 4.04. The minimum absolute atomic E-state index is 0.0898. The summed E-state index contributed by atoms with van der Waals surface area (Å²) in [6.07, 6.45) is 1.77. The number of nitrogens with zero attached hydrogens (tertiary/aromatic N) is 3. The zero-order valence-corrected chi connectivity index (χ0v) is 9.72. The molecule has 7 heteroatoms. The second kappa shape index (κ2) is 3.85. The molecule has 18 heavy (non-hydrogen) atoms. The van der Waals surface area contributed by atoms with E-state index >= 15 is 0 Å². The van der Waals surface area contributed by atoms with Gasteiger partial charge in [-0.1, -0.05) is 11.6 Å². The summed E-state index contributed by atoms with van der Waals surface area (Å²) in [5.74, 6) is -1.11. The van der Waals surface area contributed by atoms with Crippen molar-refractivity contribution in [3.05, 3.63) is 41.3 Å². The van der Waals surface area contributed by atoms with Crippen molar-refractivity contribution in [1.82, 2.24) is 19.6 Å². The third kappa shape index (κ3) is 1.63. The number of aromatic amines is 1. The molecular formula is C11H7ClN4O2. The van der Waals surface area contributed by atoms with Crippen LogP contribution in [-0.2, 0) is 0 Å². The molecule has 0 bridgehead atoms. The number of aromatic nitrogens is 4. The van der Waals surface area contributed by atoms with Crippen molar-refractivity contribution >= 4 is 23.2 Å². The molecule has 3 aromatic heterocycles. The van der Waals surface area contributed by atoms with E-state index in [-0.39, 0.29) is 5.69 Å². The van der Waals surface area contributed by atoms with Crippen LogP contribution in [0.4, 0.5) is 0 Å². The number of nitrogens with one attached hydrogen (secondary N) is 1. The maximum atomic E-state index is 10.8. The molecule has 0 radical (unpaired) electrons. The van der Waals surface area contributed by atoms with Crippen LogP contribution in [0.25, 0.3) is 17.0 Å². The highest BCUT2D eigenvalue weighted by atomic mass is 35.5. The number of H-pyrrole nitrogens is 1. The van der Waals surface area contributed by atoms with E-state index in [1.807, 2.05) is 12.1 Å². The van der Waals surface area contributed by atoms with Crippen molar-refractivity contribution in [3.8, 4) is 11.4 Å². The minimum atomic E-state index is -1.11. The van der Waals surface area contributed by atoms with Crippen LogP contribution in [0.5, 0.6) is 0 Å². The van der Waals surface area contributed by atoms with Crippen LogP contribution in [0.2, 0.25) is 5.15 Å². The first kappa shape index (κ1) is 10.8. The average Bonchev–Trinajstić information content (AvgIpc) is 2.97. The largest absolute Gasteiger partial charge is 0.476 e. The predicted octanol–water partition coefficient (Wildman–Crippen LogP) is 2.08. The lowest BCUT2D eigenvalue weighted by molar-refractivity contribution is 0.0690. The van der Waals surface area contributed by atoms with Crippen LogP contribution >= 0.6 is 11.6 Å². The fraction of sp³-hybridized carbons (Fsp3) is 0. The van der Waals surface area contributed by atoms with Gasteiger partial charge in [0.2, 0.25) is 0 Å². The zero-order valence-electron chi connectivity index (χ0n) is 8.96. The Bertz CT molecular complexity index is 733. The Labute approximate surface area is 106 Å². The number of aromatic carboxylic acids is 1. The van der Waals surface area contributed by atoms with E-state index in [0.717, 1.165) is 5.69 Å². The Hall–Kier alpha value is -2.34. The molecule has 0 unspecified atom stereocenters. The van der Waals surface area contributed by atoms with Crippen molar-refractivity contribution in [3.63, 3.8) is 0 Å². The lowest BCUT2D eigenvalue weighted by Gasteiger charge is -2.00. The third-order valence-electron chi connectivity index (χ3n) is 2.48. The topological polar surface area (TPSA) is 83.3 Å². The first-order chi connectivity index (χ1) is 8.65. The molecule has 0 aliphatic heterocycles. The van der Waals surface area contributed by atoms with E-state index < -0.39 is 5.97 Å². The van der Waals surface area contributed by atoms with Crippen LogP contribution in [-0.4, -0.2) is 30.7 Å². The molecule has 0 aromatic carbocycles. The van der Waals surface area contributed by atoms with Crippen LogP contribution < -0.4 is 0 Å². The molecule has 2 N–H and O–H groups in total. The second-order valence-electron chi connectivity index (χ2n) is 3.65. The lowest BCUT2D eigenvalue weighted by Crippen LogP contribution is -1.98. The fourth-order valence-electron chi connectivity index (χ4n) is 1.67. The van der Waals surface area contributed by atoms with E-state index in [1.165, 1.54) is 10.6 Å². The first-order valence-electron chi connectivity index (χ1n) is 5.08. The highest BCUT2D eigenvalue weighted by molar-refractivity contribution is 6.30. The fourth-order valence-corrected chi connectivity index (χ4v) is 1.90. The van der Waals surface area contributed by atoms with E-state index in [9.17, 15) is 4.79 Å². The number of hydrogen-bond donors (Lipinski definition) is 2. The van der Waals surface area contributed by atoms with E-state index in [2.05, 4.69) is 15.1 Å². The summed E-state index contributed by atoms with van der Waals surface area (Å²) < 4.78 is 1.29. The van der Waals surface area contributed by atoms with Gasteiger partial charge in [0.05, 0.1) is 11.4 Å². The highest BCUT2D eigenvalue weighted by Gasteiger charge is 2.13. The number of carboxylic acid groups (broad SMARTS) is 1. The molecule has 0 spiro atoms. The Morgan fingerprint density at radius 1 is 1.44 bits per heavy atom. The lowest BCUT2D eigenvalue weighted by atomic mass is 10.3. The maximum absolute atomic E-state index is 10.8. The molecule has 0 aliphatic rings. The summed E-state index contributed by atoms with van der Waals surface area (Å²) >= 11 is 6.05. The van der Waals surface area contributed by atoms with Crippen molar-refractivity contribution in [2.24, 2.45) is 0 Å². The third-order valence-corrected chi connectivity index (χ3v) is 2.75. The standard InChI is InChI=1S/C11H7ClN4O2/c12-9-4-7(6-2-1-3-13-6)14-10-5-8(11(17)18)15-16(9)10/h1-5,13H,(H,17,18). The summed E-state index contributed by atoms with van der Waals surface area (Å²) in [5.41, 5.74) is 1.74. The smallest absolute Gasteiger partial charge is 0.356 e. The Morgan fingerprint density at radius 3 is 2.94 bits per heavy atom. The number of rotatable bonds is 2. The molecular weight excluding hydrogens is 256 g/mol. The Balaban J connectivity index is 2.24. The Morgan fingerprint density at radius 2 is 2.28 bits per heavy atom. The zero-order chi connectivity index (χ0) is 12.7. The van der Waals surface area contributed by atoms with Gasteiger partial charge in [-0.2, -0.15) is 5.10 Å². The molecule has 0 atom stereocenters. The van der Waals surface area contributed by atoms with Crippen LogP contribution in [0.1, 0.15) is 10.5 Å². The molecule has 0 amide bonds. The van der Waals surface area contributed by atoms with Gasteiger partial charge in [0.25, 0.3) is 0 Å². The van der Waals surface area contributed by atoms with Crippen LogP contribution in [0.3, 0.4) is 0 Å². The molecule has 6 nitrogen and oxygen atoms in total. The molecule has 3 rings (SSSR count). The van der Waals surface area contributed by atoms with Gasteiger partial charge in [-0.25, -0.2) is 14.3 Å². The van der Waals surface area contributed by atoms with Crippen molar-refractivity contribution in [2.45, 2.75) is 0 Å². The minimum Gasteiger partial charge on any atom is -0.476 e.